The Morgan fingerprint density at radius 2 is 1.81 bits per heavy atom. The zero-order valence-electron chi connectivity index (χ0n) is 13.9. The molecular formula is C19H20Cl2O5. The lowest BCUT2D eigenvalue weighted by Crippen LogP contribution is -2.44. The molecule has 0 spiro atoms. The number of hydrogen-bond donors (Lipinski definition) is 3. The molecule has 1 unspecified atom stereocenters. The Kier molecular flexibility index (Phi) is 6.40. The standard InChI is InChI=1S/C19H20Cl2O5/c20-13-4-11(5-14(21)7-13)10-25-15-3-1-2-12(6-15)19-18(24)17(23)8-16(9-22)26-19/h1-7,16-19,22-24H,8-10H2/t16-,17-,18-,19?/m0/s1. The minimum Gasteiger partial charge on any atom is -0.489 e. The molecule has 7 heteroatoms. The molecule has 1 heterocycles. The number of benzene rings is 2. The van der Waals surface area contributed by atoms with Gasteiger partial charge in [0.05, 0.1) is 18.8 Å². The maximum atomic E-state index is 10.2. The summed E-state index contributed by atoms with van der Waals surface area (Å²) < 4.78 is 11.5. The number of hydrogen-bond acceptors (Lipinski definition) is 5. The van der Waals surface area contributed by atoms with Crippen LogP contribution in [0.25, 0.3) is 0 Å². The number of aliphatic hydroxyl groups is 3. The van der Waals surface area contributed by atoms with Crippen LogP contribution in [0.1, 0.15) is 23.7 Å². The molecule has 2 aromatic carbocycles. The summed E-state index contributed by atoms with van der Waals surface area (Å²) in [5.74, 6) is 0.579. The van der Waals surface area contributed by atoms with Crippen molar-refractivity contribution in [1.82, 2.24) is 0 Å². The van der Waals surface area contributed by atoms with Gasteiger partial charge in [0.2, 0.25) is 0 Å². The van der Waals surface area contributed by atoms with Gasteiger partial charge in [-0.25, -0.2) is 0 Å². The smallest absolute Gasteiger partial charge is 0.120 e. The Hall–Kier alpha value is -1.34. The van der Waals surface area contributed by atoms with Gasteiger partial charge in [0.25, 0.3) is 0 Å². The third-order valence-corrected chi connectivity index (χ3v) is 4.70. The zero-order valence-corrected chi connectivity index (χ0v) is 15.4. The van der Waals surface area contributed by atoms with Crippen molar-refractivity contribution >= 4 is 23.2 Å². The van der Waals surface area contributed by atoms with Crippen molar-refractivity contribution in [3.63, 3.8) is 0 Å². The molecule has 3 rings (SSSR count). The molecule has 1 aliphatic rings. The fraction of sp³-hybridized carbons (Fsp3) is 0.368. The monoisotopic (exact) mass is 398 g/mol. The molecule has 4 atom stereocenters. The van der Waals surface area contributed by atoms with E-state index in [0.717, 1.165) is 5.56 Å². The first-order chi connectivity index (χ1) is 12.5. The van der Waals surface area contributed by atoms with Crippen molar-refractivity contribution in [2.45, 2.75) is 37.4 Å². The third kappa shape index (κ3) is 4.68. The van der Waals surface area contributed by atoms with E-state index in [0.29, 0.717) is 21.4 Å². The van der Waals surface area contributed by atoms with Crippen LogP contribution in [-0.2, 0) is 11.3 Å². The fourth-order valence-corrected chi connectivity index (χ4v) is 3.56. The Morgan fingerprint density at radius 1 is 1.08 bits per heavy atom. The van der Waals surface area contributed by atoms with Gasteiger partial charge >= 0.3 is 0 Å². The average molecular weight is 399 g/mol. The predicted molar refractivity (Wildman–Crippen MR) is 98.6 cm³/mol. The lowest BCUT2D eigenvalue weighted by molar-refractivity contribution is -0.179. The molecule has 1 aliphatic heterocycles. The molecule has 140 valence electrons. The number of halogens is 2. The van der Waals surface area contributed by atoms with Gasteiger partial charge in [-0.1, -0.05) is 35.3 Å². The molecule has 26 heavy (non-hydrogen) atoms. The van der Waals surface area contributed by atoms with E-state index in [1.807, 2.05) is 0 Å². The fourth-order valence-electron chi connectivity index (χ4n) is 2.99. The van der Waals surface area contributed by atoms with E-state index in [1.54, 1.807) is 42.5 Å². The predicted octanol–water partition coefficient (Wildman–Crippen LogP) is 3.12. The van der Waals surface area contributed by atoms with E-state index in [1.165, 1.54) is 0 Å². The van der Waals surface area contributed by atoms with Crippen molar-refractivity contribution < 1.29 is 24.8 Å². The Labute approximate surface area is 161 Å². The van der Waals surface area contributed by atoms with Gasteiger partial charge in [0.15, 0.2) is 0 Å². The molecule has 1 fully saturated rings. The highest BCUT2D eigenvalue weighted by atomic mass is 35.5. The molecule has 5 nitrogen and oxygen atoms in total. The van der Waals surface area contributed by atoms with Gasteiger partial charge in [0, 0.05) is 16.5 Å². The minimum absolute atomic E-state index is 0.194. The van der Waals surface area contributed by atoms with Crippen molar-refractivity contribution in [3.05, 3.63) is 63.6 Å². The summed E-state index contributed by atoms with van der Waals surface area (Å²) in [5, 5.41) is 30.6. The molecule has 0 amide bonds. The SMILES string of the molecule is OC[C@@H]1C[C@H](O)[C@H](O)C(c2cccc(OCc3cc(Cl)cc(Cl)c3)c2)O1. The Morgan fingerprint density at radius 3 is 2.50 bits per heavy atom. The van der Waals surface area contributed by atoms with E-state index in [-0.39, 0.29) is 19.6 Å². The summed E-state index contributed by atoms with van der Waals surface area (Å²) >= 11 is 12.0. The maximum absolute atomic E-state index is 10.2. The Bertz CT molecular complexity index is 734. The zero-order chi connectivity index (χ0) is 18.7. The molecule has 0 aromatic heterocycles. The Balaban J connectivity index is 1.73. The molecule has 0 radical (unpaired) electrons. The molecule has 0 bridgehead atoms. The summed E-state index contributed by atoms with van der Waals surface area (Å²) in [7, 11) is 0. The van der Waals surface area contributed by atoms with Crippen molar-refractivity contribution in [2.75, 3.05) is 6.61 Å². The molecule has 0 aliphatic carbocycles. The lowest BCUT2D eigenvalue weighted by atomic mass is 9.93. The molecule has 1 saturated heterocycles. The van der Waals surface area contributed by atoms with Crippen molar-refractivity contribution in [3.8, 4) is 5.75 Å². The van der Waals surface area contributed by atoms with E-state index in [9.17, 15) is 15.3 Å². The van der Waals surface area contributed by atoms with Gasteiger partial charge < -0.3 is 24.8 Å². The van der Waals surface area contributed by atoms with E-state index < -0.39 is 24.4 Å². The van der Waals surface area contributed by atoms with Gasteiger partial charge in [-0.15, -0.1) is 0 Å². The second-order valence-corrected chi connectivity index (χ2v) is 7.17. The van der Waals surface area contributed by atoms with Gasteiger partial charge in [-0.2, -0.15) is 0 Å². The van der Waals surface area contributed by atoms with Crippen LogP contribution in [0.4, 0.5) is 0 Å². The van der Waals surface area contributed by atoms with E-state index >= 15 is 0 Å². The largest absolute Gasteiger partial charge is 0.489 e. The van der Waals surface area contributed by atoms with Crippen LogP contribution >= 0.6 is 23.2 Å². The average Bonchev–Trinajstić information content (AvgIpc) is 2.61. The topological polar surface area (TPSA) is 79.2 Å². The summed E-state index contributed by atoms with van der Waals surface area (Å²) in [6.45, 7) is 0.0612. The quantitative estimate of drug-likeness (QED) is 0.720. The van der Waals surface area contributed by atoms with Gasteiger partial charge in [-0.3, -0.25) is 0 Å². The maximum Gasteiger partial charge on any atom is 0.120 e. The molecule has 2 aromatic rings. The van der Waals surface area contributed by atoms with Crippen molar-refractivity contribution in [2.24, 2.45) is 0 Å². The van der Waals surface area contributed by atoms with Crippen LogP contribution < -0.4 is 4.74 Å². The van der Waals surface area contributed by atoms with Crippen LogP contribution in [0.15, 0.2) is 42.5 Å². The molecule has 0 saturated carbocycles. The van der Waals surface area contributed by atoms with Crippen LogP contribution in [0.2, 0.25) is 10.0 Å². The van der Waals surface area contributed by atoms with Crippen LogP contribution in [-0.4, -0.2) is 40.2 Å². The number of aliphatic hydroxyl groups excluding tert-OH is 3. The summed E-state index contributed by atoms with van der Waals surface area (Å²) in [4.78, 5) is 0. The van der Waals surface area contributed by atoms with Gasteiger partial charge in [0.1, 0.15) is 24.6 Å². The second kappa shape index (κ2) is 8.57. The third-order valence-electron chi connectivity index (χ3n) is 4.27. The second-order valence-electron chi connectivity index (χ2n) is 6.29. The van der Waals surface area contributed by atoms with Crippen LogP contribution in [0.5, 0.6) is 5.75 Å². The molecule has 3 N–H and O–H groups in total. The van der Waals surface area contributed by atoms with Crippen LogP contribution in [0, 0.1) is 0 Å². The lowest BCUT2D eigenvalue weighted by Gasteiger charge is -2.36. The van der Waals surface area contributed by atoms with Crippen molar-refractivity contribution in [1.29, 1.82) is 0 Å². The summed E-state index contributed by atoms with van der Waals surface area (Å²) in [5.41, 5.74) is 1.49. The van der Waals surface area contributed by atoms with Crippen LogP contribution in [0.3, 0.4) is 0 Å². The first-order valence-electron chi connectivity index (χ1n) is 8.26. The van der Waals surface area contributed by atoms with Gasteiger partial charge in [-0.05, 0) is 41.5 Å². The minimum atomic E-state index is -1.07. The summed E-state index contributed by atoms with van der Waals surface area (Å²) in [6.07, 6.45) is -3.08. The van der Waals surface area contributed by atoms with E-state index in [2.05, 4.69) is 0 Å². The first-order valence-corrected chi connectivity index (χ1v) is 9.02. The highest BCUT2D eigenvalue weighted by molar-refractivity contribution is 6.34. The highest BCUT2D eigenvalue weighted by Gasteiger charge is 2.37. The normalized spacial score (nSPS) is 25.9. The first kappa shape index (κ1) is 19.4. The van der Waals surface area contributed by atoms with E-state index in [4.69, 9.17) is 32.7 Å². The molecular weight excluding hydrogens is 379 g/mol. The number of ether oxygens (including phenoxy) is 2. The summed E-state index contributed by atoms with van der Waals surface area (Å²) in [6, 6.07) is 12.3. The highest BCUT2D eigenvalue weighted by Crippen LogP contribution is 2.33. The number of rotatable bonds is 5.